The maximum atomic E-state index is 13.8. The third kappa shape index (κ3) is 5.86. The lowest BCUT2D eigenvalue weighted by Gasteiger charge is -2.41. The summed E-state index contributed by atoms with van der Waals surface area (Å²) in [6.45, 7) is 12.1. The van der Waals surface area contributed by atoms with Crippen molar-refractivity contribution in [3.05, 3.63) is 0 Å². The highest BCUT2D eigenvalue weighted by molar-refractivity contribution is 7.55. The van der Waals surface area contributed by atoms with Crippen molar-refractivity contribution >= 4 is 13.4 Å². The number of rotatable bonds is 10. The number of carbonyl (C=O) groups is 1. The summed E-state index contributed by atoms with van der Waals surface area (Å²) in [5, 5.41) is 0. The second kappa shape index (κ2) is 9.98. The van der Waals surface area contributed by atoms with Crippen LogP contribution in [0.2, 0.25) is 0 Å². The van der Waals surface area contributed by atoms with Crippen LogP contribution in [0.1, 0.15) is 66.7 Å². The summed E-state index contributed by atoms with van der Waals surface area (Å²) in [7, 11) is -3.57. The highest BCUT2D eigenvalue weighted by Crippen LogP contribution is 2.60. The van der Waals surface area contributed by atoms with Gasteiger partial charge in [0.1, 0.15) is 11.4 Å². The van der Waals surface area contributed by atoms with Gasteiger partial charge < -0.3 is 18.5 Å². The molecule has 0 spiro atoms. The molecule has 0 bridgehead atoms. The highest BCUT2D eigenvalue weighted by Gasteiger charge is 2.52. The van der Waals surface area contributed by atoms with Crippen molar-refractivity contribution in [2.75, 3.05) is 26.4 Å². The Morgan fingerprint density at radius 1 is 1.11 bits per heavy atom. The monoisotopic (exact) mass is 404 g/mol. The van der Waals surface area contributed by atoms with Gasteiger partial charge in [0.25, 0.3) is 0 Å². The van der Waals surface area contributed by atoms with Crippen LogP contribution in [0.5, 0.6) is 0 Å². The van der Waals surface area contributed by atoms with Gasteiger partial charge in [-0.1, -0.05) is 47.5 Å². The van der Waals surface area contributed by atoms with Gasteiger partial charge in [-0.05, 0) is 24.7 Å². The second-order valence-electron chi connectivity index (χ2n) is 8.57. The first-order chi connectivity index (χ1) is 12.7. The molecular formula is C20H37O6P. The van der Waals surface area contributed by atoms with Crippen molar-refractivity contribution in [2.45, 2.75) is 78.7 Å². The third-order valence-electron chi connectivity index (χ3n) is 6.02. The molecule has 7 heteroatoms. The Morgan fingerprint density at radius 2 is 1.63 bits per heavy atom. The van der Waals surface area contributed by atoms with Gasteiger partial charge in [0.05, 0.1) is 26.4 Å². The zero-order valence-corrected chi connectivity index (χ0v) is 18.5. The molecule has 0 N–H and O–H groups in total. The number of carbonyl (C=O) groups excluding carboxylic acids is 1. The van der Waals surface area contributed by atoms with Crippen molar-refractivity contribution < 1.29 is 27.9 Å². The van der Waals surface area contributed by atoms with Gasteiger partial charge in [-0.2, -0.15) is 0 Å². The molecule has 0 aromatic carbocycles. The number of ketones is 1. The minimum Gasteiger partial charge on any atom is -0.350 e. The molecule has 1 aliphatic carbocycles. The maximum Gasteiger partial charge on any atom is 0.341 e. The average Bonchev–Trinajstić information content (AvgIpc) is 3.22. The van der Waals surface area contributed by atoms with Crippen LogP contribution in [0.3, 0.4) is 0 Å². The Balaban J connectivity index is 2.19. The van der Waals surface area contributed by atoms with Gasteiger partial charge in [-0.25, -0.2) is 0 Å². The highest BCUT2D eigenvalue weighted by atomic mass is 31.2. The number of hydrogen-bond acceptors (Lipinski definition) is 6. The van der Waals surface area contributed by atoms with Gasteiger partial charge in [0.2, 0.25) is 0 Å². The third-order valence-corrected chi connectivity index (χ3v) is 8.27. The molecule has 1 heterocycles. The Morgan fingerprint density at radius 3 is 2.11 bits per heavy atom. The van der Waals surface area contributed by atoms with Gasteiger partial charge >= 0.3 is 7.60 Å². The topological polar surface area (TPSA) is 71.1 Å². The smallest absolute Gasteiger partial charge is 0.341 e. The largest absolute Gasteiger partial charge is 0.350 e. The van der Waals surface area contributed by atoms with E-state index in [1.807, 2.05) is 13.8 Å². The minimum atomic E-state index is -3.57. The molecule has 27 heavy (non-hydrogen) atoms. The fourth-order valence-corrected chi connectivity index (χ4v) is 5.89. The van der Waals surface area contributed by atoms with Crippen molar-refractivity contribution in [2.24, 2.45) is 17.3 Å². The van der Waals surface area contributed by atoms with Gasteiger partial charge in [0, 0.05) is 11.8 Å². The van der Waals surface area contributed by atoms with Crippen LogP contribution in [0, 0.1) is 17.3 Å². The Labute approximate surface area is 164 Å². The lowest BCUT2D eigenvalue weighted by Crippen LogP contribution is -2.44. The molecule has 2 unspecified atom stereocenters. The van der Waals surface area contributed by atoms with E-state index in [0.29, 0.717) is 45.7 Å². The minimum absolute atomic E-state index is 0.0258. The van der Waals surface area contributed by atoms with E-state index in [2.05, 4.69) is 20.8 Å². The first-order valence-corrected chi connectivity index (χ1v) is 12.0. The molecule has 158 valence electrons. The van der Waals surface area contributed by atoms with Crippen molar-refractivity contribution in [1.82, 2.24) is 0 Å². The molecule has 0 radical (unpaired) electrons. The molecule has 2 aliphatic rings. The van der Waals surface area contributed by atoms with E-state index in [-0.39, 0.29) is 29.3 Å². The fraction of sp³-hybridized carbons (Fsp3) is 0.950. The van der Waals surface area contributed by atoms with Crippen LogP contribution in [0.4, 0.5) is 0 Å². The average molecular weight is 404 g/mol. The molecule has 6 nitrogen and oxygen atoms in total. The van der Waals surface area contributed by atoms with Crippen LogP contribution in [0.25, 0.3) is 0 Å². The van der Waals surface area contributed by atoms with Crippen LogP contribution >= 0.6 is 7.60 Å². The normalized spacial score (nSPS) is 29.8. The van der Waals surface area contributed by atoms with Crippen LogP contribution < -0.4 is 0 Å². The SMILES string of the molecule is CC[C@H](C)COP(=O)(OC[C@@H](C)CC)C1CC(C)(C2OCCO2)CCC1=O. The fourth-order valence-electron chi connectivity index (χ4n) is 3.41. The van der Waals surface area contributed by atoms with E-state index in [0.717, 1.165) is 12.8 Å². The van der Waals surface area contributed by atoms with E-state index in [1.54, 1.807) is 0 Å². The molecule has 0 aromatic heterocycles. The summed E-state index contributed by atoms with van der Waals surface area (Å²) >= 11 is 0. The molecule has 0 amide bonds. The summed E-state index contributed by atoms with van der Waals surface area (Å²) in [5.41, 5.74) is -1.10. The zero-order chi connectivity index (χ0) is 20.1. The molecule has 1 saturated carbocycles. The lowest BCUT2D eigenvalue weighted by molar-refractivity contribution is -0.147. The first kappa shape index (κ1) is 23.0. The van der Waals surface area contributed by atoms with Gasteiger partial charge in [0.15, 0.2) is 6.29 Å². The zero-order valence-electron chi connectivity index (χ0n) is 17.6. The van der Waals surface area contributed by atoms with E-state index < -0.39 is 13.3 Å². The number of ether oxygens (including phenoxy) is 2. The van der Waals surface area contributed by atoms with Gasteiger partial charge in [-0.15, -0.1) is 0 Å². The van der Waals surface area contributed by atoms with Crippen LogP contribution in [0.15, 0.2) is 0 Å². The second-order valence-corrected chi connectivity index (χ2v) is 10.8. The summed E-state index contributed by atoms with van der Waals surface area (Å²) in [4.78, 5) is 12.8. The van der Waals surface area contributed by atoms with E-state index >= 15 is 0 Å². The van der Waals surface area contributed by atoms with Crippen LogP contribution in [-0.2, 0) is 27.9 Å². The van der Waals surface area contributed by atoms with Gasteiger partial charge in [-0.3, -0.25) is 9.36 Å². The molecule has 4 atom stereocenters. The Hall–Kier alpha value is -0.260. The summed E-state index contributed by atoms with van der Waals surface area (Å²) < 4.78 is 37.0. The molecule has 0 aromatic rings. The van der Waals surface area contributed by atoms with E-state index in [4.69, 9.17) is 18.5 Å². The molecule has 1 saturated heterocycles. The summed E-state index contributed by atoms with van der Waals surface area (Å²) in [5.74, 6) is 0.497. The quantitative estimate of drug-likeness (QED) is 0.487. The molecule has 2 rings (SSSR count). The van der Waals surface area contributed by atoms with E-state index in [9.17, 15) is 9.36 Å². The Bertz CT molecular complexity index is 515. The van der Waals surface area contributed by atoms with Crippen molar-refractivity contribution in [3.8, 4) is 0 Å². The standard InChI is InChI=1S/C20H37O6P/c1-6-15(3)13-25-27(22,26-14-16(4)7-2)18-12-20(5,9-8-17(18)21)19-23-10-11-24-19/h15-16,18-19H,6-14H2,1-5H3/t15-,16-,18?,20?/m0/s1. The summed E-state index contributed by atoms with van der Waals surface area (Å²) in [6.07, 6.45) is 2.93. The van der Waals surface area contributed by atoms with Crippen LogP contribution in [-0.4, -0.2) is 44.2 Å². The maximum absolute atomic E-state index is 13.8. The predicted molar refractivity (Wildman–Crippen MR) is 105 cm³/mol. The molecule has 1 aliphatic heterocycles. The molecular weight excluding hydrogens is 367 g/mol. The molecule has 2 fully saturated rings. The van der Waals surface area contributed by atoms with Crippen molar-refractivity contribution in [3.63, 3.8) is 0 Å². The Kier molecular flexibility index (Phi) is 8.51. The first-order valence-electron chi connectivity index (χ1n) is 10.4. The number of Topliss-reactive ketones (excluding diaryl/α,β-unsaturated/α-hetero) is 1. The predicted octanol–water partition coefficient (Wildman–Crippen LogP) is 4.81. The van der Waals surface area contributed by atoms with Crippen molar-refractivity contribution in [1.29, 1.82) is 0 Å². The lowest BCUT2D eigenvalue weighted by atomic mass is 9.74. The van der Waals surface area contributed by atoms with E-state index in [1.165, 1.54) is 0 Å². The number of hydrogen-bond donors (Lipinski definition) is 0. The summed E-state index contributed by atoms with van der Waals surface area (Å²) in [6, 6.07) is 0.